The average molecular weight is 495 g/mol. The molecule has 0 unspecified atom stereocenters. The summed E-state index contributed by atoms with van der Waals surface area (Å²) in [6, 6.07) is 17.3. The third kappa shape index (κ3) is 2.93. The van der Waals surface area contributed by atoms with E-state index in [9.17, 15) is 0 Å². The zero-order valence-corrected chi connectivity index (χ0v) is 15.8. The quantitative estimate of drug-likeness (QED) is 0.387. The van der Waals surface area contributed by atoms with E-state index in [4.69, 9.17) is 4.42 Å². The maximum atomic E-state index is 5.83. The number of hydrogen-bond acceptors (Lipinski definition) is 3. The van der Waals surface area contributed by atoms with Gasteiger partial charge in [-0.2, -0.15) is 0 Å². The molecule has 0 fully saturated rings. The fourth-order valence-corrected chi connectivity index (χ4v) is 2.64. The van der Waals surface area contributed by atoms with Crippen LogP contribution in [0.3, 0.4) is 0 Å². The van der Waals surface area contributed by atoms with Crippen molar-refractivity contribution in [3.63, 3.8) is 0 Å². The van der Waals surface area contributed by atoms with Gasteiger partial charge in [0.1, 0.15) is 0 Å². The van der Waals surface area contributed by atoms with Crippen molar-refractivity contribution in [2.75, 3.05) is 0 Å². The van der Waals surface area contributed by atoms with Crippen LogP contribution in [0.4, 0.5) is 0 Å². The number of nitrogens with zero attached hydrogens (tertiary/aromatic N) is 3. The van der Waals surface area contributed by atoms with E-state index in [-0.39, 0.29) is 20.1 Å². The molecule has 0 saturated heterocycles. The maximum Gasteiger partial charge on any atom is 0.216 e. The molecule has 4 nitrogen and oxygen atoms in total. The van der Waals surface area contributed by atoms with E-state index in [1.54, 1.807) is 0 Å². The molecule has 4 aromatic rings. The van der Waals surface area contributed by atoms with Gasteiger partial charge in [-0.1, -0.05) is 18.2 Å². The van der Waals surface area contributed by atoms with E-state index >= 15 is 0 Å². The molecule has 0 aliphatic heterocycles. The molecular weight excluding hydrogens is 478 g/mol. The molecule has 2 aromatic heterocycles. The summed E-state index contributed by atoms with van der Waals surface area (Å²) in [7, 11) is 0. The third-order valence-electron chi connectivity index (χ3n) is 3.81. The second-order valence-corrected chi connectivity index (χ2v) is 5.73. The number of oxazole rings is 1. The standard InChI is InChI=1S/C19H16N3O.Ir/c1-13(2)22-11-10-20-18(22)15-8-9-17-16(12-15)21-19(23-17)14-6-4-3-5-7-14;/h3-7,9-13H,1-2H3;/q-1;. The number of hydrogen-bond donors (Lipinski definition) is 0. The molecule has 0 amide bonds. The Labute approximate surface area is 153 Å². The molecule has 5 heteroatoms. The molecule has 2 heterocycles. The molecule has 0 aliphatic carbocycles. The molecule has 2 aromatic carbocycles. The molecule has 4 rings (SSSR count). The molecule has 0 saturated carbocycles. The van der Waals surface area contributed by atoms with Crippen molar-refractivity contribution >= 4 is 11.1 Å². The maximum absolute atomic E-state index is 5.83. The van der Waals surface area contributed by atoms with Gasteiger partial charge in [-0.05, 0) is 26.0 Å². The van der Waals surface area contributed by atoms with Gasteiger partial charge in [-0.3, -0.25) is 4.98 Å². The van der Waals surface area contributed by atoms with E-state index in [1.165, 1.54) is 0 Å². The van der Waals surface area contributed by atoms with Crippen LogP contribution in [0, 0.1) is 6.07 Å². The minimum absolute atomic E-state index is 0. The van der Waals surface area contributed by atoms with Crippen LogP contribution in [0.25, 0.3) is 33.9 Å². The summed E-state index contributed by atoms with van der Waals surface area (Å²) >= 11 is 0. The van der Waals surface area contributed by atoms with Crippen molar-refractivity contribution < 1.29 is 24.5 Å². The van der Waals surface area contributed by atoms with Crippen molar-refractivity contribution in [2.45, 2.75) is 19.9 Å². The molecule has 0 aliphatic rings. The molecule has 0 spiro atoms. The molecule has 123 valence electrons. The average Bonchev–Trinajstić information content (AvgIpc) is 3.21. The van der Waals surface area contributed by atoms with Gasteiger partial charge in [0.2, 0.25) is 5.89 Å². The van der Waals surface area contributed by atoms with Gasteiger partial charge in [0, 0.05) is 49.6 Å². The topological polar surface area (TPSA) is 43.9 Å². The van der Waals surface area contributed by atoms with Crippen molar-refractivity contribution in [3.8, 4) is 22.8 Å². The number of fused-ring (bicyclic) bond motifs is 1. The zero-order chi connectivity index (χ0) is 15.8. The van der Waals surface area contributed by atoms with Crippen molar-refractivity contribution in [3.05, 3.63) is 60.9 Å². The smallest absolute Gasteiger partial charge is 0.216 e. The Kier molecular flexibility index (Phi) is 4.65. The SMILES string of the molecule is CC(C)n1ccnc1-c1[c-]cc2oc(-c3ccccc3)nc2c1.[Ir]. The Hall–Kier alpha value is -2.23. The first-order valence-corrected chi connectivity index (χ1v) is 7.63. The fourth-order valence-electron chi connectivity index (χ4n) is 2.64. The van der Waals surface area contributed by atoms with Gasteiger partial charge in [0.25, 0.3) is 0 Å². The first-order chi connectivity index (χ1) is 11.2. The van der Waals surface area contributed by atoms with Crippen LogP contribution < -0.4 is 0 Å². The molecule has 0 bridgehead atoms. The first kappa shape index (κ1) is 16.6. The summed E-state index contributed by atoms with van der Waals surface area (Å²) in [6.45, 7) is 4.26. The Morgan fingerprint density at radius 3 is 2.71 bits per heavy atom. The van der Waals surface area contributed by atoms with Crippen molar-refractivity contribution in [1.82, 2.24) is 14.5 Å². The molecule has 0 atom stereocenters. The number of imidazole rings is 1. The van der Waals surface area contributed by atoms with Crippen LogP contribution in [0.1, 0.15) is 19.9 Å². The van der Waals surface area contributed by atoms with E-state index in [0.29, 0.717) is 11.9 Å². The summed E-state index contributed by atoms with van der Waals surface area (Å²) < 4.78 is 7.96. The fraction of sp³-hybridized carbons (Fsp3) is 0.158. The van der Waals surface area contributed by atoms with Crippen LogP contribution in [0.5, 0.6) is 0 Å². The summed E-state index contributed by atoms with van der Waals surface area (Å²) in [5.74, 6) is 1.52. The predicted molar refractivity (Wildman–Crippen MR) is 89.9 cm³/mol. The van der Waals surface area contributed by atoms with Crippen LogP contribution in [0.15, 0.2) is 59.3 Å². The summed E-state index contributed by atoms with van der Waals surface area (Å²) in [5.41, 5.74) is 3.43. The Morgan fingerprint density at radius 2 is 1.96 bits per heavy atom. The van der Waals surface area contributed by atoms with E-state index in [1.807, 2.05) is 54.9 Å². The zero-order valence-electron chi connectivity index (χ0n) is 13.4. The van der Waals surface area contributed by atoms with Gasteiger partial charge >= 0.3 is 0 Å². The minimum atomic E-state index is 0. The van der Waals surface area contributed by atoms with E-state index in [2.05, 4.69) is 34.4 Å². The van der Waals surface area contributed by atoms with Gasteiger partial charge in [0.05, 0.1) is 11.4 Å². The van der Waals surface area contributed by atoms with Crippen molar-refractivity contribution in [2.24, 2.45) is 0 Å². The van der Waals surface area contributed by atoms with Crippen LogP contribution in [-0.2, 0) is 20.1 Å². The van der Waals surface area contributed by atoms with E-state index < -0.39 is 0 Å². The molecular formula is C19H16IrN3O-. The second-order valence-electron chi connectivity index (χ2n) is 5.73. The second kappa shape index (κ2) is 6.71. The Bertz CT molecular complexity index is 957. The Morgan fingerprint density at radius 1 is 1.17 bits per heavy atom. The van der Waals surface area contributed by atoms with Gasteiger partial charge in [-0.25, -0.2) is 4.98 Å². The van der Waals surface area contributed by atoms with Crippen molar-refractivity contribution in [1.29, 1.82) is 0 Å². The van der Waals surface area contributed by atoms with Crippen LogP contribution >= 0.6 is 0 Å². The third-order valence-corrected chi connectivity index (χ3v) is 3.81. The first-order valence-electron chi connectivity index (χ1n) is 7.63. The summed E-state index contributed by atoms with van der Waals surface area (Å²) in [5, 5.41) is 0. The molecule has 1 radical (unpaired) electrons. The monoisotopic (exact) mass is 495 g/mol. The number of rotatable bonds is 3. The van der Waals surface area contributed by atoms with Gasteiger partial charge < -0.3 is 8.98 Å². The Balaban J connectivity index is 0.00000169. The minimum Gasteiger partial charge on any atom is -0.484 e. The summed E-state index contributed by atoms with van der Waals surface area (Å²) in [6.07, 6.45) is 3.79. The molecule has 24 heavy (non-hydrogen) atoms. The largest absolute Gasteiger partial charge is 0.484 e. The van der Waals surface area contributed by atoms with Crippen LogP contribution in [-0.4, -0.2) is 14.5 Å². The molecule has 0 N–H and O–H groups in total. The number of aromatic nitrogens is 3. The predicted octanol–water partition coefficient (Wildman–Crippen LogP) is 4.74. The van der Waals surface area contributed by atoms with E-state index in [0.717, 1.165) is 28.1 Å². The summed E-state index contributed by atoms with van der Waals surface area (Å²) in [4.78, 5) is 9.06. The van der Waals surface area contributed by atoms with Crippen LogP contribution in [0.2, 0.25) is 0 Å². The van der Waals surface area contributed by atoms with Gasteiger partial charge in [-0.15, -0.1) is 23.8 Å². The van der Waals surface area contributed by atoms with Gasteiger partial charge in [0.15, 0.2) is 0 Å². The number of benzene rings is 2. The normalized spacial score (nSPS) is 11.0.